The molecule has 2 heteroatoms. The SMILES string of the molecule is C=P(c1cccc(F)c1)(c1cc2ccccc2c2ccccc12)c1cc2ccccc2c2ccccc12. The van der Waals surface area contributed by atoms with Crippen molar-refractivity contribution in [2.75, 3.05) is 0 Å². The zero-order chi connectivity index (χ0) is 25.0. The zero-order valence-electron chi connectivity index (χ0n) is 20.2. The molecular formula is C35H24FP. The highest BCUT2D eigenvalue weighted by molar-refractivity contribution is 7.94. The lowest BCUT2D eigenvalue weighted by molar-refractivity contribution is 0.629. The molecule has 0 aromatic heterocycles. The molecule has 0 atom stereocenters. The summed E-state index contributed by atoms with van der Waals surface area (Å²) in [6.07, 6.45) is 5.08. The Morgan fingerprint density at radius 3 is 1.35 bits per heavy atom. The molecule has 0 heterocycles. The normalized spacial score (nSPS) is 12.0. The van der Waals surface area contributed by atoms with E-state index in [2.05, 4.69) is 115 Å². The maximum absolute atomic E-state index is 14.9. The Kier molecular flexibility index (Phi) is 5.03. The first-order valence-corrected chi connectivity index (χ1v) is 14.4. The minimum atomic E-state index is -2.54. The number of rotatable bonds is 3. The van der Waals surface area contributed by atoms with Crippen LogP contribution in [0.5, 0.6) is 0 Å². The zero-order valence-corrected chi connectivity index (χ0v) is 21.1. The Balaban J connectivity index is 1.71. The number of halogens is 1. The molecule has 176 valence electrons. The summed E-state index contributed by atoms with van der Waals surface area (Å²) in [6, 6.07) is 45.8. The highest BCUT2D eigenvalue weighted by Gasteiger charge is 2.28. The molecule has 7 rings (SSSR count). The van der Waals surface area contributed by atoms with E-state index in [9.17, 15) is 4.39 Å². The fourth-order valence-electron chi connectivity index (χ4n) is 5.82. The van der Waals surface area contributed by atoms with Crippen molar-refractivity contribution in [2.45, 2.75) is 0 Å². The summed E-state index contributed by atoms with van der Waals surface area (Å²) >= 11 is 0. The summed E-state index contributed by atoms with van der Waals surface area (Å²) in [7, 11) is 0. The van der Waals surface area contributed by atoms with Crippen LogP contribution in [0.3, 0.4) is 0 Å². The molecule has 0 aliphatic carbocycles. The lowest BCUT2D eigenvalue weighted by atomic mass is 10.0. The van der Waals surface area contributed by atoms with Crippen LogP contribution >= 0.6 is 6.89 Å². The molecular weight excluding hydrogens is 470 g/mol. The molecule has 0 fully saturated rings. The summed E-state index contributed by atoms with van der Waals surface area (Å²) in [5.41, 5.74) is 0. The van der Waals surface area contributed by atoms with Gasteiger partial charge in [-0.3, -0.25) is 0 Å². The number of benzene rings is 7. The lowest BCUT2D eigenvalue weighted by Gasteiger charge is -2.30. The molecule has 7 aromatic rings. The fourth-order valence-corrected chi connectivity index (χ4v) is 9.25. The van der Waals surface area contributed by atoms with Crippen molar-refractivity contribution in [1.29, 1.82) is 0 Å². The largest absolute Gasteiger partial charge is 0.207 e. The van der Waals surface area contributed by atoms with Crippen LogP contribution in [0.25, 0.3) is 43.1 Å². The van der Waals surface area contributed by atoms with Crippen LogP contribution < -0.4 is 15.9 Å². The minimum Gasteiger partial charge on any atom is -0.207 e. The molecule has 37 heavy (non-hydrogen) atoms. The predicted octanol–water partition coefficient (Wildman–Crippen LogP) is 8.16. The molecule has 0 unspecified atom stereocenters. The van der Waals surface area contributed by atoms with E-state index in [-0.39, 0.29) is 5.82 Å². The van der Waals surface area contributed by atoms with E-state index >= 15 is 0 Å². The van der Waals surface area contributed by atoms with Gasteiger partial charge in [-0.15, -0.1) is 0 Å². The van der Waals surface area contributed by atoms with Gasteiger partial charge in [-0.25, -0.2) is 4.39 Å². The van der Waals surface area contributed by atoms with E-state index in [1.165, 1.54) is 59.8 Å². The van der Waals surface area contributed by atoms with Crippen LogP contribution in [0.4, 0.5) is 4.39 Å². The highest BCUT2D eigenvalue weighted by Crippen LogP contribution is 2.48. The summed E-state index contributed by atoms with van der Waals surface area (Å²) in [6.45, 7) is -2.54. The van der Waals surface area contributed by atoms with Crippen molar-refractivity contribution in [2.24, 2.45) is 0 Å². The molecule has 0 aliphatic heterocycles. The molecule has 7 aromatic carbocycles. The van der Waals surface area contributed by atoms with Crippen LogP contribution in [0, 0.1) is 5.82 Å². The fraction of sp³-hybridized carbons (Fsp3) is 0. The first-order chi connectivity index (χ1) is 18.1. The lowest BCUT2D eigenvalue weighted by Crippen LogP contribution is -2.27. The monoisotopic (exact) mass is 494 g/mol. The maximum Gasteiger partial charge on any atom is 0.123 e. The van der Waals surface area contributed by atoms with Gasteiger partial charge in [-0.05, 0) is 90.2 Å². The number of hydrogen-bond acceptors (Lipinski definition) is 0. The smallest absolute Gasteiger partial charge is 0.123 e. The van der Waals surface area contributed by atoms with E-state index < -0.39 is 6.89 Å². The summed E-state index contributed by atoms with van der Waals surface area (Å²) in [4.78, 5) is 0. The van der Waals surface area contributed by atoms with Crippen LogP contribution in [0.2, 0.25) is 0 Å². The highest BCUT2D eigenvalue weighted by atomic mass is 31.2. The molecule has 0 bridgehead atoms. The molecule has 0 radical (unpaired) electrons. The van der Waals surface area contributed by atoms with Gasteiger partial charge in [0.2, 0.25) is 0 Å². The Labute approximate surface area is 215 Å². The maximum atomic E-state index is 14.9. The Hall–Kier alpha value is -4.19. The van der Waals surface area contributed by atoms with E-state index in [0.29, 0.717) is 0 Å². The average molecular weight is 495 g/mol. The van der Waals surface area contributed by atoms with Crippen LogP contribution in [0.1, 0.15) is 0 Å². The van der Waals surface area contributed by atoms with E-state index in [1.54, 1.807) is 6.07 Å². The van der Waals surface area contributed by atoms with Crippen molar-refractivity contribution in [3.8, 4) is 0 Å². The quantitative estimate of drug-likeness (QED) is 0.172. The van der Waals surface area contributed by atoms with Gasteiger partial charge >= 0.3 is 0 Å². The molecule has 0 saturated carbocycles. The van der Waals surface area contributed by atoms with Gasteiger partial charge in [0.1, 0.15) is 5.82 Å². The summed E-state index contributed by atoms with van der Waals surface area (Å²) < 4.78 is 14.9. The Bertz CT molecular complexity index is 1910. The third-order valence-corrected chi connectivity index (χ3v) is 11.1. The van der Waals surface area contributed by atoms with Crippen molar-refractivity contribution in [3.05, 3.63) is 139 Å². The third-order valence-electron chi connectivity index (χ3n) is 7.56. The Morgan fingerprint density at radius 1 is 0.432 bits per heavy atom. The standard InChI is InChI=1S/C35H24FP/c1-37(27-14-10-13-26(36)23-27,34-21-24-11-2-4-15-28(24)30-17-6-8-19-32(30)34)35-22-25-12-3-5-16-29(25)31-18-7-9-20-33(31)35/h2-23H,1H2. The van der Waals surface area contributed by atoms with Gasteiger partial charge < -0.3 is 0 Å². The molecule has 0 amide bonds. The second-order valence-electron chi connectivity index (χ2n) is 9.61. The first-order valence-electron chi connectivity index (χ1n) is 12.5. The van der Waals surface area contributed by atoms with Crippen molar-refractivity contribution in [1.82, 2.24) is 0 Å². The molecule has 0 nitrogen and oxygen atoms in total. The molecule has 0 N–H and O–H groups in total. The van der Waals surface area contributed by atoms with Gasteiger partial charge in [-0.2, -0.15) is 0 Å². The molecule has 0 aliphatic rings. The van der Waals surface area contributed by atoms with E-state index in [1.807, 2.05) is 6.07 Å². The van der Waals surface area contributed by atoms with Crippen molar-refractivity contribution < 1.29 is 4.39 Å². The van der Waals surface area contributed by atoms with E-state index in [0.717, 1.165) is 5.30 Å². The minimum absolute atomic E-state index is 0.235. The summed E-state index contributed by atoms with van der Waals surface area (Å²) in [5.74, 6) is -0.235. The van der Waals surface area contributed by atoms with Crippen LogP contribution in [-0.2, 0) is 0 Å². The molecule has 0 spiro atoms. The average Bonchev–Trinajstić information content (AvgIpc) is 2.96. The van der Waals surface area contributed by atoms with Crippen molar-refractivity contribution >= 4 is 72.2 Å². The van der Waals surface area contributed by atoms with Crippen LogP contribution in [-0.4, -0.2) is 6.30 Å². The van der Waals surface area contributed by atoms with Gasteiger partial charge in [0, 0.05) is 0 Å². The Morgan fingerprint density at radius 2 is 0.865 bits per heavy atom. The topological polar surface area (TPSA) is 0 Å². The van der Waals surface area contributed by atoms with Crippen molar-refractivity contribution in [3.63, 3.8) is 0 Å². The molecule has 0 saturated heterocycles. The number of fused-ring (bicyclic) bond motifs is 6. The van der Waals surface area contributed by atoms with Gasteiger partial charge in [0.05, 0.1) is 0 Å². The summed E-state index contributed by atoms with van der Waals surface area (Å²) in [5, 5.41) is 12.8. The van der Waals surface area contributed by atoms with Gasteiger partial charge in [0.25, 0.3) is 0 Å². The van der Waals surface area contributed by atoms with Gasteiger partial charge in [0.15, 0.2) is 0 Å². The second-order valence-corrected chi connectivity index (χ2v) is 12.7. The van der Waals surface area contributed by atoms with Crippen LogP contribution in [0.15, 0.2) is 133 Å². The first kappa shape index (κ1) is 22.0. The number of hydrogen-bond donors (Lipinski definition) is 0. The predicted molar refractivity (Wildman–Crippen MR) is 162 cm³/mol. The third kappa shape index (κ3) is 3.35. The van der Waals surface area contributed by atoms with Gasteiger partial charge in [-0.1, -0.05) is 115 Å². The second kappa shape index (κ2) is 8.44. The van der Waals surface area contributed by atoms with E-state index in [4.69, 9.17) is 6.30 Å².